The van der Waals surface area contributed by atoms with E-state index in [0.717, 1.165) is 5.75 Å². The fourth-order valence-corrected chi connectivity index (χ4v) is 3.27. The summed E-state index contributed by atoms with van der Waals surface area (Å²) < 4.78 is 5.47. The molecule has 0 saturated heterocycles. The quantitative estimate of drug-likeness (QED) is 0.714. The molecule has 0 saturated carbocycles. The molecule has 0 bridgehead atoms. The number of methoxy groups -OCH3 is 1. The zero-order chi connectivity index (χ0) is 12.6. The molecular formula is C14H24OSi. The van der Waals surface area contributed by atoms with Crippen molar-refractivity contribution in [2.75, 3.05) is 7.11 Å². The normalized spacial score (nSPS) is 12.7. The molecule has 0 aliphatic rings. The lowest BCUT2D eigenvalue weighted by Gasteiger charge is -2.25. The van der Waals surface area contributed by atoms with E-state index in [4.69, 9.17) is 4.74 Å². The van der Waals surface area contributed by atoms with Crippen LogP contribution in [0.4, 0.5) is 0 Å². The molecule has 1 nitrogen and oxygen atoms in total. The maximum Gasteiger partial charge on any atom is 0.118 e. The van der Waals surface area contributed by atoms with Crippen LogP contribution in [0.1, 0.15) is 26.3 Å². The summed E-state index contributed by atoms with van der Waals surface area (Å²) in [7, 11) is 0.426. The summed E-state index contributed by atoms with van der Waals surface area (Å²) in [4.78, 5) is 0. The summed E-state index contributed by atoms with van der Waals surface area (Å²) in [6, 6.07) is 6.64. The first kappa shape index (κ1) is 13.3. The Morgan fingerprint density at radius 3 is 2.00 bits per heavy atom. The van der Waals surface area contributed by atoms with Crippen LogP contribution < -0.4 is 9.92 Å². The minimum absolute atomic E-state index is 0.209. The van der Waals surface area contributed by atoms with Gasteiger partial charge in [0.1, 0.15) is 5.75 Å². The Hall–Kier alpha value is -0.763. The van der Waals surface area contributed by atoms with Gasteiger partial charge in [0.15, 0.2) is 0 Å². The maximum absolute atomic E-state index is 5.47. The van der Waals surface area contributed by atoms with Gasteiger partial charge < -0.3 is 4.74 Å². The first-order chi connectivity index (χ1) is 7.16. The molecule has 0 aromatic heterocycles. The van der Waals surface area contributed by atoms with Crippen molar-refractivity contribution in [2.45, 2.75) is 45.8 Å². The molecule has 1 rings (SSSR count). The summed E-state index contributed by atoms with van der Waals surface area (Å²) in [5, 5.41) is 1.42. The Morgan fingerprint density at radius 2 is 1.62 bits per heavy atom. The van der Waals surface area contributed by atoms with Crippen molar-refractivity contribution in [3.8, 4) is 5.75 Å². The Kier molecular flexibility index (Phi) is 3.53. The number of rotatable bonds is 2. The van der Waals surface area contributed by atoms with Crippen LogP contribution in [0.3, 0.4) is 0 Å². The standard InChI is InChI=1S/C14H24OSi/c1-14(2,3)11-8-9-12(15-4)13(10-11)16(5,6)7/h8-10H,1-7H3. The average molecular weight is 236 g/mol. The summed E-state index contributed by atoms with van der Waals surface area (Å²) in [5.41, 5.74) is 1.60. The van der Waals surface area contributed by atoms with E-state index in [0.29, 0.717) is 0 Å². The minimum atomic E-state index is -1.33. The number of benzene rings is 1. The van der Waals surface area contributed by atoms with E-state index in [-0.39, 0.29) is 5.41 Å². The lowest BCUT2D eigenvalue weighted by atomic mass is 9.87. The lowest BCUT2D eigenvalue weighted by Crippen LogP contribution is -2.39. The van der Waals surface area contributed by atoms with Crippen molar-refractivity contribution in [2.24, 2.45) is 0 Å². The van der Waals surface area contributed by atoms with Gasteiger partial charge in [-0.2, -0.15) is 0 Å². The van der Waals surface area contributed by atoms with Crippen LogP contribution in [0.5, 0.6) is 5.75 Å². The first-order valence-corrected chi connectivity index (χ1v) is 9.35. The average Bonchev–Trinajstić information content (AvgIpc) is 2.14. The molecule has 2 heteroatoms. The van der Waals surface area contributed by atoms with E-state index in [1.165, 1.54) is 10.8 Å². The van der Waals surface area contributed by atoms with Gasteiger partial charge in [0.05, 0.1) is 15.2 Å². The van der Waals surface area contributed by atoms with Crippen molar-refractivity contribution in [3.63, 3.8) is 0 Å². The molecule has 0 heterocycles. The molecular weight excluding hydrogens is 212 g/mol. The van der Waals surface area contributed by atoms with Gasteiger partial charge in [-0.15, -0.1) is 0 Å². The van der Waals surface area contributed by atoms with Crippen molar-refractivity contribution in [1.82, 2.24) is 0 Å². The smallest absolute Gasteiger partial charge is 0.118 e. The molecule has 0 fully saturated rings. The summed E-state index contributed by atoms with van der Waals surface area (Å²) >= 11 is 0. The van der Waals surface area contributed by atoms with Gasteiger partial charge in [0, 0.05) is 0 Å². The highest BCUT2D eigenvalue weighted by Gasteiger charge is 2.23. The van der Waals surface area contributed by atoms with Crippen molar-refractivity contribution in [3.05, 3.63) is 23.8 Å². The van der Waals surface area contributed by atoms with E-state index in [2.05, 4.69) is 58.6 Å². The highest BCUT2D eigenvalue weighted by Crippen LogP contribution is 2.25. The number of hydrogen-bond acceptors (Lipinski definition) is 1. The Labute approximate surface area is 101 Å². The van der Waals surface area contributed by atoms with Crippen LogP contribution >= 0.6 is 0 Å². The molecule has 1 aromatic rings. The fourth-order valence-electron chi connectivity index (χ4n) is 1.76. The van der Waals surface area contributed by atoms with Crippen molar-refractivity contribution >= 4 is 13.3 Å². The van der Waals surface area contributed by atoms with E-state index < -0.39 is 8.07 Å². The monoisotopic (exact) mass is 236 g/mol. The molecule has 0 radical (unpaired) electrons. The summed E-state index contributed by atoms with van der Waals surface area (Å²) in [6.45, 7) is 13.8. The molecule has 1 aromatic carbocycles. The second-order valence-corrected chi connectivity index (χ2v) is 11.5. The third-order valence-corrected chi connectivity index (χ3v) is 4.88. The maximum atomic E-state index is 5.47. The molecule has 0 amide bonds. The predicted molar refractivity (Wildman–Crippen MR) is 74.7 cm³/mol. The minimum Gasteiger partial charge on any atom is -0.497 e. The Bertz CT molecular complexity index is 369. The third-order valence-electron chi connectivity index (χ3n) is 2.87. The van der Waals surface area contributed by atoms with E-state index in [1.54, 1.807) is 7.11 Å². The van der Waals surface area contributed by atoms with Gasteiger partial charge >= 0.3 is 0 Å². The van der Waals surface area contributed by atoms with Crippen LogP contribution in [0.15, 0.2) is 18.2 Å². The Balaban J connectivity index is 3.34. The van der Waals surface area contributed by atoms with Crippen molar-refractivity contribution in [1.29, 1.82) is 0 Å². The highest BCUT2D eigenvalue weighted by atomic mass is 28.3. The summed E-state index contributed by atoms with van der Waals surface area (Å²) in [6.07, 6.45) is 0. The molecule has 0 atom stereocenters. The number of hydrogen-bond donors (Lipinski definition) is 0. The predicted octanol–water partition coefficient (Wildman–Crippen LogP) is 3.54. The highest BCUT2D eigenvalue weighted by molar-refractivity contribution is 6.89. The van der Waals surface area contributed by atoms with Crippen molar-refractivity contribution < 1.29 is 4.74 Å². The first-order valence-electron chi connectivity index (χ1n) is 5.85. The van der Waals surface area contributed by atoms with Gasteiger partial charge in [-0.1, -0.05) is 52.5 Å². The fraction of sp³-hybridized carbons (Fsp3) is 0.571. The van der Waals surface area contributed by atoms with Crippen LogP contribution in [0.25, 0.3) is 0 Å². The zero-order valence-electron chi connectivity index (χ0n) is 11.6. The van der Waals surface area contributed by atoms with Gasteiger partial charge in [-0.05, 0) is 22.2 Å². The molecule has 0 aliphatic carbocycles. The Morgan fingerprint density at radius 1 is 1.06 bits per heavy atom. The van der Waals surface area contributed by atoms with E-state index >= 15 is 0 Å². The second-order valence-electron chi connectivity index (χ2n) is 6.42. The summed E-state index contributed by atoms with van der Waals surface area (Å²) in [5.74, 6) is 1.05. The van der Waals surface area contributed by atoms with Crippen LogP contribution in [0, 0.1) is 0 Å². The van der Waals surface area contributed by atoms with Crippen LogP contribution in [-0.2, 0) is 5.41 Å². The van der Waals surface area contributed by atoms with Crippen LogP contribution in [0.2, 0.25) is 19.6 Å². The molecule has 0 N–H and O–H groups in total. The van der Waals surface area contributed by atoms with E-state index in [9.17, 15) is 0 Å². The third kappa shape index (κ3) is 2.88. The molecule has 0 unspecified atom stereocenters. The second kappa shape index (κ2) is 4.25. The molecule has 0 spiro atoms. The van der Waals surface area contributed by atoms with Gasteiger partial charge in [0.2, 0.25) is 0 Å². The van der Waals surface area contributed by atoms with Crippen LogP contribution in [-0.4, -0.2) is 15.2 Å². The lowest BCUT2D eigenvalue weighted by molar-refractivity contribution is 0.417. The van der Waals surface area contributed by atoms with E-state index in [1.807, 2.05) is 0 Å². The van der Waals surface area contributed by atoms with Gasteiger partial charge in [0.25, 0.3) is 0 Å². The molecule has 90 valence electrons. The number of ether oxygens (including phenoxy) is 1. The molecule has 16 heavy (non-hydrogen) atoms. The van der Waals surface area contributed by atoms with Gasteiger partial charge in [-0.3, -0.25) is 0 Å². The largest absolute Gasteiger partial charge is 0.497 e. The topological polar surface area (TPSA) is 9.23 Å². The zero-order valence-corrected chi connectivity index (χ0v) is 12.6. The molecule has 0 aliphatic heterocycles. The SMILES string of the molecule is COc1ccc(C(C)(C)C)cc1[Si](C)(C)C. The van der Waals surface area contributed by atoms with Gasteiger partial charge in [-0.25, -0.2) is 0 Å².